The van der Waals surface area contributed by atoms with E-state index in [1.165, 1.54) is 17.8 Å². The molecule has 1 nitrogen and oxygen atoms in total. The van der Waals surface area contributed by atoms with Gasteiger partial charge < -0.3 is 0 Å². The van der Waals surface area contributed by atoms with Crippen LogP contribution in [0, 0.1) is 5.82 Å². The Hall–Kier alpha value is -0.670. The Morgan fingerprint density at radius 2 is 2.38 bits per heavy atom. The Kier molecular flexibility index (Phi) is 5.71. The molecule has 0 heterocycles. The van der Waals surface area contributed by atoms with E-state index in [0.717, 1.165) is 10.6 Å². The number of thiocarbonyl (C=S) groups is 1. The molecule has 0 amide bonds. The second-order valence-corrected chi connectivity index (χ2v) is 4.47. The predicted molar refractivity (Wildman–Crippen MR) is 71.6 cm³/mol. The molecule has 5 heteroatoms. The number of rotatable bonds is 4. The number of thioether (sulfide) groups is 1. The van der Waals surface area contributed by atoms with Crippen molar-refractivity contribution >= 4 is 46.4 Å². The molecule has 1 rings (SSSR count). The summed E-state index contributed by atoms with van der Waals surface area (Å²) in [6.07, 6.45) is 3.94. The molecule has 0 fully saturated rings. The fraction of sp³-hybridized carbons (Fsp3) is 0.182. The van der Waals surface area contributed by atoms with Crippen LogP contribution in [0.4, 0.5) is 10.1 Å². The quantitative estimate of drug-likeness (QED) is 0.335. The number of allylic oxidation sites excluding steroid dienone is 1. The third kappa shape index (κ3) is 3.72. The van der Waals surface area contributed by atoms with Gasteiger partial charge in [-0.25, -0.2) is 4.39 Å². The van der Waals surface area contributed by atoms with Crippen LogP contribution in [-0.4, -0.2) is 10.9 Å². The van der Waals surface area contributed by atoms with Crippen molar-refractivity contribution in [2.45, 2.75) is 11.8 Å². The third-order valence-corrected chi connectivity index (χ3v) is 3.26. The summed E-state index contributed by atoms with van der Waals surface area (Å²) in [5.41, 5.74) is 0.169. The summed E-state index contributed by atoms with van der Waals surface area (Å²) in [5, 5.41) is 2.53. The molecule has 0 N–H and O–H groups in total. The van der Waals surface area contributed by atoms with Crippen LogP contribution in [0.1, 0.15) is 6.92 Å². The van der Waals surface area contributed by atoms with Crippen LogP contribution in [0.15, 0.2) is 34.2 Å². The number of nitrogens with zero attached hydrogens (tertiary/aromatic N) is 1. The van der Waals surface area contributed by atoms with Crippen LogP contribution in [0.2, 0.25) is 5.02 Å². The molecule has 1 aromatic rings. The van der Waals surface area contributed by atoms with Crippen LogP contribution in [0.25, 0.3) is 0 Å². The molecule has 0 saturated heterocycles. The van der Waals surface area contributed by atoms with Crippen molar-refractivity contribution in [2.24, 2.45) is 4.99 Å². The molecular formula is C11H9ClFNS2. The smallest absolute Gasteiger partial charge is 0.151 e. The minimum atomic E-state index is -0.488. The Balaban J connectivity index is 2.99. The van der Waals surface area contributed by atoms with Gasteiger partial charge in [-0.3, -0.25) is 0 Å². The Labute approximate surface area is 108 Å². The summed E-state index contributed by atoms with van der Waals surface area (Å²) in [5.74, 6) is 0.292. The van der Waals surface area contributed by atoms with Gasteiger partial charge in [0.05, 0.1) is 10.2 Å². The highest BCUT2D eigenvalue weighted by Gasteiger charge is 2.07. The molecule has 0 aliphatic carbocycles. The third-order valence-electron chi connectivity index (χ3n) is 1.74. The fourth-order valence-electron chi connectivity index (χ4n) is 0.998. The molecule has 16 heavy (non-hydrogen) atoms. The maximum atomic E-state index is 13.3. The molecule has 0 aliphatic rings. The van der Waals surface area contributed by atoms with Crippen LogP contribution in [0.5, 0.6) is 0 Å². The summed E-state index contributed by atoms with van der Waals surface area (Å²) in [6, 6.07) is 2.82. The standard InChI is InChI=1S/C11H9ClFNS2/c1-2-3-4-16-11-6-10(14-7-15)9(13)5-8(11)12/h2-3,5-6H,4H2,1H3/b3-2-. The van der Waals surface area contributed by atoms with Crippen molar-refractivity contribution in [3.05, 3.63) is 35.1 Å². The van der Waals surface area contributed by atoms with E-state index in [2.05, 4.69) is 22.4 Å². The highest BCUT2D eigenvalue weighted by atomic mass is 35.5. The predicted octanol–water partition coefficient (Wildman–Crippen LogP) is 4.88. The molecule has 0 aliphatic heterocycles. The lowest BCUT2D eigenvalue weighted by Crippen LogP contribution is -1.81. The first-order valence-electron chi connectivity index (χ1n) is 4.50. The summed E-state index contributed by atoms with van der Waals surface area (Å²) in [4.78, 5) is 4.42. The van der Waals surface area contributed by atoms with Gasteiger partial charge in [0.2, 0.25) is 0 Å². The van der Waals surface area contributed by atoms with Crippen molar-refractivity contribution in [1.29, 1.82) is 0 Å². The van der Waals surface area contributed by atoms with Crippen LogP contribution < -0.4 is 0 Å². The molecule has 1 aromatic carbocycles. The Morgan fingerprint density at radius 1 is 1.62 bits per heavy atom. The Morgan fingerprint density at radius 3 is 3.00 bits per heavy atom. The minimum Gasteiger partial charge on any atom is -0.205 e. The Bertz CT molecular complexity index is 454. The van der Waals surface area contributed by atoms with E-state index < -0.39 is 5.82 Å². The lowest BCUT2D eigenvalue weighted by atomic mass is 10.3. The van der Waals surface area contributed by atoms with E-state index in [0.29, 0.717) is 5.02 Å². The first kappa shape index (κ1) is 13.4. The topological polar surface area (TPSA) is 12.4 Å². The van der Waals surface area contributed by atoms with E-state index >= 15 is 0 Å². The molecule has 84 valence electrons. The van der Waals surface area contributed by atoms with Gasteiger partial charge >= 0.3 is 0 Å². The second-order valence-electron chi connectivity index (χ2n) is 2.82. The molecule has 0 bridgehead atoms. The number of isothiocyanates is 1. The lowest BCUT2D eigenvalue weighted by Gasteiger charge is -2.04. The highest BCUT2D eigenvalue weighted by molar-refractivity contribution is 7.99. The van der Waals surface area contributed by atoms with Crippen molar-refractivity contribution < 1.29 is 4.39 Å². The average Bonchev–Trinajstić information content (AvgIpc) is 2.25. The van der Waals surface area contributed by atoms with E-state index in [-0.39, 0.29) is 5.69 Å². The van der Waals surface area contributed by atoms with Crippen molar-refractivity contribution in [3.8, 4) is 0 Å². The summed E-state index contributed by atoms with van der Waals surface area (Å²) >= 11 is 11.9. The van der Waals surface area contributed by atoms with Crippen molar-refractivity contribution in [2.75, 3.05) is 5.75 Å². The number of aliphatic imine (C=N–C) groups is 1. The molecule has 0 atom stereocenters. The summed E-state index contributed by atoms with van der Waals surface area (Å²) in [7, 11) is 0. The maximum Gasteiger partial charge on any atom is 0.151 e. The summed E-state index contributed by atoms with van der Waals surface area (Å²) in [6.45, 7) is 1.94. The zero-order valence-corrected chi connectivity index (χ0v) is 10.9. The zero-order chi connectivity index (χ0) is 12.0. The van der Waals surface area contributed by atoms with Gasteiger partial charge in [-0.1, -0.05) is 23.8 Å². The van der Waals surface area contributed by atoms with Crippen molar-refractivity contribution in [3.63, 3.8) is 0 Å². The first-order valence-corrected chi connectivity index (χ1v) is 6.27. The van der Waals surface area contributed by atoms with Gasteiger partial charge in [0.25, 0.3) is 0 Å². The molecule has 0 unspecified atom stereocenters. The number of halogens is 2. The fourth-order valence-corrected chi connectivity index (χ4v) is 2.27. The van der Waals surface area contributed by atoms with Gasteiger partial charge in [-0.2, -0.15) is 4.99 Å². The number of benzene rings is 1. The van der Waals surface area contributed by atoms with Gasteiger partial charge in [-0.05, 0) is 31.3 Å². The van der Waals surface area contributed by atoms with Crippen LogP contribution in [-0.2, 0) is 0 Å². The van der Waals surface area contributed by atoms with Crippen LogP contribution in [0.3, 0.4) is 0 Å². The monoisotopic (exact) mass is 273 g/mol. The highest BCUT2D eigenvalue weighted by Crippen LogP contribution is 2.33. The van der Waals surface area contributed by atoms with E-state index in [9.17, 15) is 4.39 Å². The molecule has 0 spiro atoms. The maximum absolute atomic E-state index is 13.3. The number of hydrogen-bond acceptors (Lipinski definition) is 3. The van der Waals surface area contributed by atoms with E-state index in [1.54, 1.807) is 6.07 Å². The van der Waals surface area contributed by atoms with E-state index in [1.807, 2.05) is 19.1 Å². The normalized spacial score (nSPS) is 10.4. The van der Waals surface area contributed by atoms with Gasteiger partial charge in [0.15, 0.2) is 5.82 Å². The first-order chi connectivity index (χ1) is 7.69. The molecular weight excluding hydrogens is 265 g/mol. The van der Waals surface area contributed by atoms with Gasteiger partial charge in [0.1, 0.15) is 5.69 Å². The molecule has 0 aromatic heterocycles. The summed E-state index contributed by atoms with van der Waals surface area (Å²) < 4.78 is 13.3. The zero-order valence-electron chi connectivity index (χ0n) is 8.54. The second kappa shape index (κ2) is 6.81. The van der Waals surface area contributed by atoms with Crippen molar-refractivity contribution in [1.82, 2.24) is 0 Å². The molecule has 0 saturated carbocycles. The van der Waals surface area contributed by atoms with Gasteiger partial charge in [-0.15, -0.1) is 11.8 Å². The van der Waals surface area contributed by atoms with E-state index in [4.69, 9.17) is 11.6 Å². The van der Waals surface area contributed by atoms with Gasteiger partial charge in [0, 0.05) is 10.6 Å². The number of hydrogen-bond donors (Lipinski definition) is 0. The minimum absolute atomic E-state index is 0.169. The SMILES string of the molecule is C/C=C\CSc1cc(N=C=S)c(F)cc1Cl. The molecule has 0 radical (unpaired) electrons. The van der Waals surface area contributed by atoms with Crippen LogP contribution >= 0.6 is 35.6 Å². The largest absolute Gasteiger partial charge is 0.205 e. The lowest BCUT2D eigenvalue weighted by molar-refractivity contribution is 0.629. The average molecular weight is 274 g/mol.